The van der Waals surface area contributed by atoms with Crippen LogP contribution in [0.15, 0.2) is 71.6 Å². The van der Waals surface area contributed by atoms with Crippen LogP contribution in [-0.4, -0.2) is 32.7 Å². The molecule has 0 aliphatic heterocycles. The quantitative estimate of drug-likeness (QED) is 0.644. The van der Waals surface area contributed by atoms with Crippen LogP contribution in [0.1, 0.15) is 17.3 Å². The van der Waals surface area contributed by atoms with E-state index in [-0.39, 0.29) is 16.2 Å². The molecule has 0 aliphatic rings. The predicted molar refractivity (Wildman–Crippen MR) is 107 cm³/mol. The van der Waals surface area contributed by atoms with Gasteiger partial charge in [0.05, 0.1) is 16.2 Å². The van der Waals surface area contributed by atoms with Crippen LogP contribution in [0, 0.1) is 0 Å². The minimum absolute atomic E-state index is 0.0812. The summed E-state index contributed by atoms with van der Waals surface area (Å²) < 4.78 is 29.3. The summed E-state index contributed by atoms with van der Waals surface area (Å²) in [6, 6.07) is 18.9. The van der Waals surface area contributed by atoms with E-state index in [0.717, 1.165) is 10.8 Å². The van der Waals surface area contributed by atoms with Crippen molar-refractivity contribution in [2.24, 2.45) is 0 Å². The summed E-state index contributed by atoms with van der Waals surface area (Å²) in [6.07, 6.45) is 0. The summed E-state index contributed by atoms with van der Waals surface area (Å²) in [6.45, 7) is 0.970. The van der Waals surface area contributed by atoms with Crippen molar-refractivity contribution in [2.75, 3.05) is 17.7 Å². The fraction of sp³-hybridized carbons (Fsp3) is 0.143. The van der Waals surface area contributed by atoms with E-state index in [0.29, 0.717) is 5.69 Å². The summed E-state index contributed by atoms with van der Waals surface area (Å²) in [7, 11) is -3.59. The fourth-order valence-electron chi connectivity index (χ4n) is 2.79. The molecule has 3 aromatic rings. The van der Waals surface area contributed by atoms with Crippen LogP contribution in [-0.2, 0) is 19.4 Å². The highest BCUT2D eigenvalue weighted by atomic mass is 32.2. The molecule has 0 aromatic heterocycles. The van der Waals surface area contributed by atoms with Crippen molar-refractivity contribution in [3.05, 3.63) is 72.3 Å². The Balaban J connectivity index is 1.71. The molecule has 0 radical (unpaired) electrons. The summed E-state index contributed by atoms with van der Waals surface area (Å²) in [5.74, 6) is -1.51. The van der Waals surface area contributed by atoms with Gasteiger partial charge in [-0.25, -0.2) is 13.2 Å². The first-order chi connectivity index (χ1) is 13.4. The molecule has 0 unspecified atom stereocenters. The number of carbonyl (C=O) groups is 2. The molecule has 0 bridgehead atoms. The first-order valence-electron chi connectivity index (χ1n) is 8.69. The number of amides is 1. The minimum Gasteiger partial charge on any atom is -0.452 e. The van der Waals surface area contributed by atoms with Gasteiger partial charge in [-0.05, 0) is 23.6 Å². The molecule has 6 nitrogen and oxygen atoms in total. The second kappa shape index (κ2) is 8.22. The maximum Gasteiger partial charge on any atom is 0.339 e. The Morgan fingerprint density at radius 3 is 2.39 bits per heavy atom. The molecule has 0 fully saturated rings. The lowest BCUT2D eigenvalue weighted by molar-refractivity contribution is -0.119. The van der Waals surface area contributed by atoms with Gasteiger partial charge in [-0.2, -0.15) is 0 Å². The van der Waals surface area contributed by atoms with Gasteiger partial charge in [0.15, 0.2) is 16.4 Å². The van der Waals surface area contributed by atoms with Gasteiger partial charge in [0.1, 0.15) is 0 Å². The number of rotatable bonds is 6. The number of ether oxygens (including phenoxy) is 1. The molecule has 3 rings (SSSR count). The Labute approximate surface area is 163 Å². The van der Waals surface area contributed by atoms with E-state index in [2.05, 4.69) is 5.32 Å². The van der Waals surface area contributed by atoms with Crippen LogP contribution in [0.2, 0.25) is 0 Å². The van der Waals surface area contributed by atoms with E-state index in [1.807, 2.05) is 36.4 Å². The van der Waals surface area contributed by atoms with E-state index in [9.17, 15) is 18.0 Å². The molecular weight excluding hydrogens is 378 g/mol. The normalized spacial score (nSPS) is 11.2. The first-order valence-corrected chi connectivity index (χ1v) is 10.3. The van der Waals surface area contributed by atoms with E-state index >= 15 is 0 Å². The van der Waals surface area contributed by atoms with Crippen LogP contribution < -0.4 is 5.32 Å². The molecule has 0 saturated carbocycles. The average Bonchev–Trinajstić information content (AvgIpc) is 2.72. The molecule has 144 valence electrons. The van der Waals surface area contributed by atoms with E-state index < -0.39 is 28.3 Å². The Hall–Kier alpha value is -3.19. The molecular formula is C21H19NO5S. The SMILES string of the molecule is CCS(=O)(=O)c1ccccc1C(=O)OCC(=O)Nc1cccc2ccccc12. The van der Waals surface area contributed by atoms with Crippen LogP contribution in [0.3, 0.4) is 0 Å². The molecule has 1 amide bonds. The number of sulfone groups is 1. The zero-order chi connectivity index (χ0) is 20.1. The van der Waals surface area contributed by atoms with Crippen molar-refractivity contribution in [3.63, 3.8) is 0 Å². The lowest BCUT2D eigenvalue weighted by Gasteiger charge is -2.11. The monoisotopic (exact) mass is 397 g/mol. The number of fused-ring (bicyclic) bond motifs is 1. The van der Waals surface area contributed by atoms with Gasteiger partial charge in [-0.1, -0.05) is 55.5 Å². The lowest BCUT2D eigenvalue weighted by atomic mass is 10.1. The van der Waals surface area contributed by atoms with Gasteiger partial charge in [-0.3, -0.25) is 4.79 Å². The van der Waals surface area contributed by atoms with Crippen LogP contribution >= 0.6 is 0 Å². The number of nitrogens with one attached hydrogen (secondary N) is 1. The van der Waals surface area contributed by atoms with E-state index in [1.165, 1.54) is 25.1 Å². The molecule has 7 heteroatoms. The number of anilines is 1. The Morgan fingerprint density at radius 2 is 1.61 bits per heavy atom. The van der Waals surface area contributed by atoms with Crippen LogP contribution in [0.25, 0.3) is 10.8 Å². The minimum atomic E-state index is -3.59. The van der Waals surface area contributed by atoms with Gasteiger partial charge < -0.3 is 10.1 Å². The zero-order valence-corrected chi connectivity index (χ0v) is 16.0. The second-order valence-electron chi connectivity index (χ2n) is 6.05. The number of hydrogen-bond acceptors (Lipinski definition) is 5. The fourth-order valence-corrected chi connectivity index (χ4v) is 3.87. The molecule has 0 saturated heterocycles. The van der Waals surface area contributed by atoms with E-state index in [4.69, 9.17) is 4.74 Å². The summed E-state index contributed by atoms with van der Waals surface area (Å²) in [4.78, 5) is 24.5. The topological polar surface area (TPSA) is 89.5 Å². The lowest BCUT2D eigenvalue weighted by Crippen LogP contribution is -2.22. The molecule has 3 aromatic carbocycles. The van der Waals surface area contributed by atoms with Crippen LogP contribution in [0.4, 0.5) is 5.69 Å². The van der Waals surface area contributed by atoms with Gasteiger partial charge in [-0.15, -0.1) is 0 Å². The molecule has 1 N–H and O–H groups in total. The Kier molecular flexibility index (Phi) is 5.75. The van der Waals surface area contributed by atoms with Crippen molar-refractivity contribution in [3.8, 4) is 0 Å². The molecule has 0 atom stereocenters. The molecule has 28 heavy (non-hydrogen) atoms. The highest BCUT2D eigenvalue weighted by Crippen LogP contribution is 2.23. The number of esters is 1. The van der Waals surface area contributed by atoms with Crippen molar-refractivity contribution in [2.45, 2.75) is 11.8 Å². The Bertz CT molecular complexity index is 1130. The van der Waals surface area contributed by atoms with Crippen LogP contribution in [0.5, 0.6) is 0 Å². The van der Waals surface area contributed by atoms with Crippen molar-refractivity contribution >= 4 is 38.2 Å². The first kappa shape index (κ1) is 19.6. The number of carbonyl (C=O) groups excluding carboxylic acids is 2. The average molecular weight is 397 g/mol. The van der Waals surface area contributed by atoms with Crippen molar-refractivity contribution in [1.29, 1.82) is 0 Å². The summed E-state index contributed by atoms with van der Waals surface area (Å²) in [5.41, 5.74) is 0.524. The highest BCUT2D eigenvalue weighted by molar-refractivity contribution is 7.91. The van der Waals surface area contributed by atoms with Gasteiger partial charge in [0.25, 0.3) is 5.91 Å². The standard InChI is InChI=1S/C21H19NO5S/c1-2-28(25,26)19-13-6-5-11-17(19)21(24)27-14-20(23)22-18-12-7-9-15-8-3-4-10-16(15)18/h3-13H,2,14H2,1H3,(H,22,23). The van der Waals surface area contributed by atoms with Gasteiger partial charge in [0.2, 0.25) is 0 Å². The molecule has 0 aliphatic carbocycles. The van der Waals surface area contributed by atoms with Gasteiger partial charge >= 0.3 is 5.97 Å². The largest absolute Gasteiger partial charge is 0.452 e. The summed E-state index contributed by atoms with van der Waals surface area (Å²) in [5, 5.41) is 4.55. The second-order valence-corrected chi connectivity index (χ2v) is 8.30. The molecule has 0 heterocycles. The van der Waals surface area contributed by atoms with E-state index in [1.54, 1.807) is 12.1 Å². The molecule has 0 spiro atoms. The smallest absolute Gasteiger partial charge is 0.339 e. The van der Waals surface area contributed by atoms with Crippen molar-refractivity contribution < 1.29 is 22.7 Å². The third kappa shape index (κ3) is 4.20. The summed E-state index contributed by atoms with van der Waals surface area (Å²) >= 11 is 0. The number of benzene rings is 3. The zero-order valence-electron chi connectivity index (χ0n) is 15.2. The van der Waals surface area contributed by atoms with Gasteiger partial charge in [0, 0.05) is 11.1 Å². The predicted octanol–water partition coefficient (Wildman–Crippen LogP) is 3.43. The highest BCUT2D eigenvalue weighted by Gasteiger charge is 2.22. The third-order valence-corrected chi connectivity index (χ3v) is 6.01. The van der Waals surface area contributed by atoms with Crippen molar-refractivity contribution in [1.82, 2.24) is 0 Å². The number of hydrogen-bond donors (Lipinski definition) is 1. The maximum absolute atomic E-state index is 12.3. The maximum atomic E-state index is 12.3. The Morgan fingerprint density at radius 1 is 0.929 bits per heavy atom. The third-order valence-electron chi connectivity index (χ3n) is 4.22.